The molecule has 172 valence electrons. The highest BCUT2D eigenvalue weighted by molar-refractivity contribution is 7.89. The number of piperidine rings is 1. The lowest BCUT2D eigenvalue weighted by Crippen LogP contribution is -2.44. The van der Waals surface area contributed by atoms with Crippen molar-refractivity contribution in [1.29, 1.82) is 0 Å². The number of benzene rings is 2. The first-order chi connectivity index (χ1) is 15.2. The minimum atomic E-state index is -3.72. The Labute approximate surface area is 190 Å². The standard InChI is InChI=1S/C24H30N2O5S/c1-17(22-10-5-6-11-23(22)31-4)25(3)24(28)19-12-14-26(15-13-19)32(29,30)21-9-7-8-20(16-21)18(2)27/h5-11,16-17,19H,12-15H2,1-4H3. The largest absolute Gasteiger partial charge is 0.496 e. The molecule has 0 saturated carbocycles. The molecule has 2 aromatic rings. The molecule has 32 heavy (non-hydrogen) atoms. The monoisotopic (exact) mass is 458 g/mol. The number of Topliss-reactive ketones (excluding diaryl/α,β-unsaturated/α-hetero) is 1. The topological polar surface area (TPSA) is 84.0 Å². The van der Waals surface area contributed by atoms with Crippen molar-refractivity contribution in [1.82, 2.24) is 9.21 Å². The number of hydrogen-bond donors (Lipinski definition) is 0. The van der Waals surface area contributed by atoms with Gasteiger partial charge in [0.1, 0.15) is 5.75 Å². The molecule has 0 aromatic heterocycles. The predicted molar refractivity (Wildman–Crippen MR) is 122 cm³/mol. The van der Waals surface area contributed by atoms with Gasteiger partial charge in [-0.25, -0.2) is 8.42 Å². The van der Waals surface area contributed by atoms with Gasteiger partial charge in [-0.05, 0) is 44.9 Å². The molecule has 0 radical (unpaired) electrons. The number of amides is 1. The van der Waals surface area contributed by atoms with Crippen molar-refractivity contribution in [2.75, 3.05) is 27.2 Å². The Kier molecular flexibility index (Phi) is 7.36. The smallest absolute Gasteiger partial charge is 0.243 e. The van der Waals surface area contributed by atoms with Gasteiger partial charge in [0.15, 0.2) is 5.78 Å². The molecule has 1 fully saturated rings. The number of rotatable bonds is 7. The molecule has 8 heteroatoms. The Bertz CT molecular complexity index is 1090. The van der Waals surface area contributed by atoms with Gasteiger partial charge in [0.05, 0.1) is 18.0 Å². The molecule has 1 amide bonds. The molecular weight excluding hydrogens is 428 g/mol. The van der Waals surface area contributed by atoms with E-state index < -0.39 is 10.0 Å². The zero-order chi connectivity index (χ0) is 23.5. The summed E-state index contributed by atoms with van der Waals surface area (Å²) in [6, 6.07) is 13.5. The summed E-state index contributed by atoms with van der Waals surface area (Å²) in [6.07, 6.45) is 0.904. The highest BCUT2D eigenvalue weighted by atomic mass is 32.2. The van der Waals surface area contributed by atoms with Crippen LogP contribution in [-0.4, -0.2) is 56.6 Å². The SMILES string of the molecule is COc1ccccc1C(C)N(C)C(=O)C1CCN(S(=O)(=O)c2cccc(C(C)=O)c2)CC1. The van der Waals surface area contributed by atoms with Crippen LogP contribution < -0.4 is 4.74 Å². The van der Waals surface area contributed by atoms with E-state index in [0.717, 1.165) is 11.3 Å². The lowest BCUT2D eigenvalue weighted by Gasteiger charge is -2.34. The van der Waals surface area contributed by atoms with E-state index in [9.17, 15) is 18.0 Å². The number of ketones is 1. The maximum Gasteiger partial charge on any atom is 0.243 e. The Hall–Kier alpha value is -2.71. The van der Waals surface area contributed by atoms with Crippen LogP contribution in [-0.2, 0) is 14.8 Å². The van der Waals surface area contributed by atoms with E-state index in [2.05, 4.69) is 0 Å². The summed E-state index contributed by atoms with van der Waals surface area (Å²) in [5, 5.41) is 0. The van der Waals surface area contributed by atoms with Crippen LogP contribution in [0.1, 0.15) is 48.7 Å². The van der Waals surface area contributed by atoms with Gasteiger partial charge < -0.3 is 9.64 Å². The summed E-state index contributed by atoms with van der Waals surface area (Å²) < 4.78 is 32.9. The Morgan fingerprint density at radius 3 is 2.38 bits per heavy atom. The van der Waals surface area contributed by atoms with Crippen LogP contribution in [0, 0.1) is 5.92 Å². The summed E-state index contributed by atoms with van der Waals surface area (Å²) in [6.45, 7) is 3.89. The van der Waals surface area contributed by atoms with Crippen LogP contribution in [0.2, 0.25) is 0 Å². The number of methoxy groups -OCH3 is 1. The molecule has 1 aliphatic rings. The molecule has 0 N–H and O–H groups in total. The van der Waals surface area contributed by atoms with Crippen molar-refractivity contribution in [3.05, 3.63) is 59.7 Å². The minimum Gasteiger partial charge on any atom is -0.496 e. The van der Waals surface area contributed by atoms with Gasteiger partial charge in [-0.3, -0.25) is 9.59 Å². The highest BCUT2D eigenvalue weighted by Crippen LogP contribution is 2.31. The van der Waals surface area contributed by atoms with Gasteiger partial charge in [0.2, 0.25) is 15.9 Å². The lowest BCUT2D eigenvalue weighted by atomic mass is 9.95. The number of ether oxygens (including phenoxy) is 1. The summed E-state index contributed by atoms with van der Waals surface area (Å²) in [4.78, 5) is 26.6. The third-order valence-corrected chi connectivity index (χ3v) is 8.09. The predicted octanol–water partition coefficient (Wildman–Crippen LogP) is 3.52. The van der Waals surface area contributed by atoms with E-state index in [0.29, 0.717) is 18.4 Å². The highest BCUT2D eigenvalue weighted by Gasteiger charge is 2.34. The molecule has 1 aliphatic heterocycles. The maximum absolute atomic E-state index is 13.1. The second-order valence-corrected chi connectivity index (χ2v) is 10.1. The number of carbonyl (C=O) groups is 2. The van der Waals surface area contributed by atoms with Crippen molar-refractivity contribution in [2.24, 2.45) is 5.92 Å². The van der Waals surface area contributed by atoms with Gasteiger partial charge in [0.25, 0.3) is 0 Å². The fourth-order valence-corrected chi connectivity index (χ4v) is 5.58. The summed E-state index contributed by atoms with van der Waals surface area (Å²) in [5.41, 5.74) is 1.29. The summed E-state index contributed by atoms with van der Waals surface area (Å²) >= 11 is 0. The van der Waals surface area contributed by atoms with Gasteiger partial charge in [0, 0.05) is 37.2 Å². The molecule has 2 aromatic carbocycles. The van der Waals surface area contributed by atoms with Crippen LogP contribution in [0.3, 0.4) is 0 Å². The van der Waals surface area contributed by atoms with E-state index in [1.807, 2.05) is 31.2 Å². The fraction of sp³-hybridized carbons (Fsp3) is 0.417. The summed E-state index contributed by atoms with van der Waals surface area (Å²) in [5.74, 6) is 0.304. The summed E-state index contributed by atoms with van der Waals surface area (Å²) in [7, 11) is -0.336. The van der Waals surface area contributed by atoms with Gasteiger partial charge in [-0.1, -0.05) is 30.3 Å². The third-order valence-electron chi connectivity index (χ3n) is 6.20. The maximum atomic E-state index is 13.1. The molecule has 0 aliphatic carbocycles. The Morgan fingerprint density at radius 1 is 1.09 bits per heavy atom. The van der Waals surface area contributed by atoms with Gasteiger partial charge in [-0.15, -0.1) is 0 Å². The lowest BCUT2D eigenvalue weighted by molar-refractivity contribution is -0.137. The van der Waals surface area contributed by atoms with Crippen molar-refractivity contribution in [2.45, 2.75) is 37.6 Å². The number of nitrogens with zero attached hydrogens (tertiary/aromatic N) is 2. The van der Waals surface area contributed by atoms with Crippen LogP contribution in [0.25, 0.3) is 0 Å². The average molecular weight is 459 g/mol. The Balaban J connectivity index is 1.67. The quantitative estimate of drug-likeness (QED) is 0.593. The molecule has 1 atom stereocenters. The van der Waals surface area contributed by atoms with Gasteiger partial charge >= 0.3 is 0 Å². The molecule has 3 rings (SSSR count). The molecule has 0 bridgehead atoms. The molecule has 1 heterocycles. The molecule has 7 nitrogen and oxygen atoms in total. The Morgan fingerprint density at radius 2 is 1.75 bits per heavy atom. The van der Waals surface area contributed by atoms with Crippen molar-refractivity contribution in [3.8, 4) is 5.75 Å². The van der Waals surface area contributed by atoms with E-state index >= 15 is 0 Å². The number of para-hydroxylation sites is 1. The first kappa shape index (κ1) is 23.9. The molecule has 0 spiro atoms. The second-order valence-electron chi connectivity index (χ2n) is 8.13. The van der Waals surface area contributed by atoms with Crippen LogP contribution >= 0.6 is 0 Å². The zero-order valence-corrected chi connectivity index (χ0v) is 19.8. The van der Waals surface area contributed by atoms with Crippen LogP contribution in [0.4, 0.5) is 0 Å². The second kappa shape index (κ2) is 9.83. The van der Waals surface area contributed by atoms with Crippen LogP contribution in [0.15, 0.2) is 53.4 Å². The molecule has 1 unspecified atom stereocenters. The van der Waals surface area contributed by atoms with E-state index in [1.165, 1.54) is 23.4 Å². The number of carbonyl (C=O) groups excluding carboxylic acids is 2. The van der Waals surface area contributed by atoms with Crippen LogP contribution in [0.5, 0.6) is 5.75 Å². The number of hydrogen-bond acceptors (Lipinski definition) is 5. The van der Waals surface area contributed by atoms with E-state index in [-0.39, 0.29) is 41.6 Å². The third kappa shape index (κ3) is 4.86. The zero-order valence-electron chi connectivity index (χ0n) is 18.9. The van der Waals surface area contributed by atoms with E-state index in [4.69, 9.17) is 4.74 Å². The van der Waals surface area contributed by atoms with Crippen molar-refractivity contribution >= 4 is 21.7 Å². The molecular formula is C24H30N2O5S. The number of sulfonamides is 1. The first-order valence-corrected chi connectivity index (χ1v) is 12.1. The van der Waals surface area contributed by atoms with Crippen molar-refractivity contribution in [3.63, 3.8) is 0 Å². The normalized spacial score (nSPS) is 16.4. The van der Waals surface area contributed by atoms with Gasteiger partial charge in [-0.2, -0.15) is 4.31 Å². The minimum absolute atomic E-state index is 0.000897. The van der Waals surface area contributed by atoms with E-state index in [1.54, 1.807) is 31.2 Å². The molecule has 1 saturated heterocycles. The fourth-order valence-electron chi connectivity index (χ4n) is 4.07. The average Bonchev–Trinajstić information content (AvgIpc) is 2.82. The first-order valence-electron chi connectivity index (χ1n) is 10.7. The van der Waals surface area contributed by atoms with Crippen molar-refractivity contribution < 1.29 is 22.7 Å².